The van der Waals surface area contributed by atoms with Gasteiger partial charge in [0.2, 0.25) is 16.0 Å². The summed E-state index contributed by atoms with van der Waals surface area (Å²) in [7, 11) is -1.36. The van der Waals surface area contributed by atoms with E-state index in [-0.39, 0.29) is 0 Å². The fraction of sp³-hybridized carbons (Fsp3) is 0.500. The highest BCUT2D eigenvalue weighted by atomic mass is 79.9. The van der Waals surface area contributed by atoms with Gasteiger partial charge in [0.05, 0.1) is 4.90 Å². The minimum absolute atomic E-state index is 0.323. The van der Waals surface area contributed by atoms with Crippen molar-refractivity contribution in [3.63, 3.8) is 0 Å². The number of aryl methyl sites for hydroxylation is 1. The van der Waals surface area contributed by atoms with E-state index in [9.17, 15) is 8.42 Å². The average molecular weight is 495 g/mol. The van der Waals surface area contributed by atoms with Gasteiger partial charge in [0, 0.05) is 68.6 Å². The van der Waals surface area contributed by atoms with Crippen LogP contribution in [0.3, 0.4) is 0 Å². The Balaban J connectivity index is 1.46. The van der Waals surface area contributed by atoms with Gasteiger partial charge in [0.25, 0.3) is 0 Å². The van der Waals surface area contributed by atoms with Gasteiger partial charge in [-0.05, 0) is 38.2 Å². The van der Waals surface area contributed by atoms with Crippen LogP contribution < -0.4 is 9.80 Å². The van der Waals surface area contributed by atoms with Crippen LogP contribution in [0.25, 0.3) is 0 Å². The molecule has 30 heavy (non-hydrogen) atoms. The second-order valence-electron chi connectivity index (χ2n) is 7.80. The van der Waals surface area contributed by atoms with Gasteiger partial charge < -0.3 is 14.7 Å². The average Bonchev–Trinajstić information content (AvgIpc) is 2.74. The molecule has 162 valence electrons. The summed E-state index contributed by atoms with van der Waals surface area (Å²) in [5.41, 5.74) is 0.929. The number of benzene rings is 1. The summed E-state index contributed by atoms with van der Waals surface area (Å²) < 4.78 is 28.3. The molecule has 3 heterocycles. The summed E-state index contributed by atoms with van der Waals surface area (Å²) in [4.78, 5) is 16.5. The van der Waals surface area contributed by atoms with Crippen LogP contribution in [-0.4, -0.2) is 87.0 Å². The Morgan fingerprint density at radius 1 is 0.867 bits per heavy atom. The standard InChI is InChI=1S/C20H27BrN6O2S/c1-16-15-19(25-9-7-24(2)8-10-25)23-20(22-16)26-11-13-27(14-12-26)30(28,29)18-5-3-17(21)4-6-18/h3-6,15H,7-14H2,1-2H3. The second-order valence-corrected chi connectivity index (χ2v) is 10.7. The normalized spacial score (nSPS) is 19.3. The first-order valence-corrected chi connectivity index (χ1v) is 12.4. The molecular weight excluding hydrogens is 468 g/mol. The highest BCUT2D eigenvalue weighted by Gasteiger charge is 2.29. The Morgan fingerprint density at radius 3 is 2.10 bits per heavy atom. The van der Waals surface area contributed by atoms with Crippen LogP contribution in [0.4, 0.5) is 11.8 Å². The van der Waals surface area contributed by atoms with Crippen molar-refractivity contribution in [3.8, 4) is 0 Å². The maximum Gasteiger partial charge on any atom is 0.243 e. The molecular formula is C20H27BrN6O2S. The summed E-state index contributed by atoms with van der Waals surface area (Å²) in [5.74, 6) is 1.64. The van der Waals surface area contributed by atoms with Crippen LogP contribution in [-0.2, 0) is 10.0 Å². The highest BCUT2D eigenvalue weighted by molar-refractivity contribution is 9.10. The molecule has 0 amide bonds. The van der Waals surface area contributed by atoms with E-state index in [2.05, 4.69) is 42.7 Å². The third-order valence-corrected chi connectivity index (χ3v) is 8.07. The fourth-order valence-electron chi connectivity index (χ4n) is 3.76. The van der Waals surface area contributed by atoms with Crippen LogP contribution in [0.1, 0.15) is 5.69 Å². The van der Waals surface area contributed by atoms with Crippen molar-refractivity contribution in [2.24, 2.45) is 0 Å². The molecule has 0 atom stereocenters. The van der Waals surface area contributed by atoms with Gasteiger partial charge in [-0.1, -0.05) is 15.9 Å². The van der Waals surface area contributed by atoms with E-state index in [0.717, 1.165) is 42.2 Å². The SMILES string of the molecule is Cc1cc(N2CCN(C)CC2)nc(N2CCN(S(=O)(=O)c3ccc(Br)cc3)CC2)n1. The first-order valence-electron chi connectivity index (χ1n) is 10.1. The first-order chi connectivity index (χ1) is 14.3. The largest absolute Gasteiger partial charge is 0.354 e. The molecule has 0 unspecified atom stereocenters. The molecule has 2 aliphatic heterocycles. The predicted octanol–water partition coefficient (Wildman–Crippen LogP) is 1.81. The van der Waals surface area contributed by atoms with Crippen molar-refractivity contribution in [1.29, 1.82) is 0 Å². The third-order valence-electron chi connectivity index (χ3n) is 5.63. The molecule has 10 heteroatoms. The topological polar surface area (TPSA) is 72.9 Å². The van der Waals surface area contributed by atoms with Gasteiger partial charge in [0.15, 0.2) is 0 Å². The van der Waals surface area contributed by atoms with E-state index in [1.165, 1.54) is 0 Å². The molecule has 0 bridgehead atoms. The number of hydrogen-bond acceptors (Lipinski definition) is 7. The number of aromatic nitrogens is 2. The number of anilines is 2. The quantitative estimate of drug-likeness (QED) is 0.641. The van der Waals surface area contributed by atoms with Crippen molar-refractivity contribution in [2.45, 2.75) is 11.8 Å². The molecule has 2 fully saturated rings. The van der Waals surface area contributed by atoms with E-state index >= 15 is 0 Å². The number of rotatable bonds is 4. The van der Waals surface area contributed by atoms with Crippen molar-refractivity contribution >= 4 is 37.7 Å². The summed E-state index contributed by atoms with van der Waals surface area (Å²) in [5, 5.41) is 0. The third kappa shape index (κ3) is 4.61. The van der Waals surface area contributed by atoms with Crippen LogP contribution in [0.5, 0.6) is 0 Å². The summed E-state index contributed by atoms with van der Waals surface area (Å²) in [6.07, 6.45) is 0. The van der Waals surface area contributed by atoms with Crippen LogP contribution >= 0.6 is 15.9 Å². The monoisotopic (exact) mass is 494 g/mol. The van der Waals surface area contributed by atoms with Crippen LogP contribution in [0.2, 0.25) is 0 Å². The van der Waals surface area contributed by atoms with E-state index in [0.29, 0.717) is 37.0 Å². The summed E-state index contributed by atoms with van der Waals surface area (Å²) in [6, 6.07) is 8.81. The van der Waals surface area contributed by atoms with E-state index in [1.807, 2.05) is 13.0 Å². The van der Waals surface area contributed by atoms with Gasteiger partial charge in [0.1, 0.15) is 5.82 Å². The molecule has 2 aromatic rings. The van der Waals surface area contributed by atoms with Gasteiger partial charge in [-0.25, -0.2) is 13.4 Å². The van der Waals surface area contributed by atoms with E-state index < -0.39 is 10.0 Å². The highest BCUT2D eigenvalue weighted by Crippen LogP contribution is 2.23. The Bertz CT molecular complexity index is 985. The minimum atomic E-state index is -3.49. The number of halogens is 1. The molecule has 8 nitrogen and oxygen atoms in total. The number of piperazine rings is 2. The number of hydrogen-bond donors (Lipinski definition) is 0. The zero-order valence-electron chi connectivity index (χ0n) is 17.3. The van der Waals surface area contributed by atoms with Crippen LogP contribution in [0.15, 0.2) is 39.7 Å². The summed E-state index contributed by atoms with van der Waals surface area (Å²) >= 11 is 3.35. The molecule has 2 saturated heterocycles. The molecule has 0 N–H and O–H groups in total. The van der Waals surface area contributed by atoms with E-state index in [4.69, 9.17) is 4.98 Å². The fourth-order valence-corrected chi connectivity index (χ4v) is 5.45. The Kier molecular flexibility index (Phi) is 6.29. The van der Waals surface area contributed by atoms with Crippen molar-refractivity contribution in [1.82, 2.24) is 19.2 Å². The molecule has 0 aliphatic carbocycles. The first kappa shape index (κ1) is 21.5. The zero-order chi connectivity index (χ0) is 21.3. The lowest BCUT2D eigenvalue weighted by Gasteiger charge is -2.36. The maximum atomic E-state index is 12.9. The number of nitrogens with zero attached hydrogens (tertiary/aromatic N) is 6. The van der Waals surface area contributed by atoms with Crippen LogP contribution in [0, 0.1) is 6.92 Å². The van der Waals surface area contributed by atoms with Crippen molar-refractivity contribution in [2.75, 3.05) is 69.2 Å². The smallest absolute Gasteiger partial charge is 0.243 e. The Hall–Kier alpha value is -1.75. The van der Waals surface area contributed by atoms with Gasteiger partial charge in [-0.15, -0.1) is 0 Å². The molecule has 4 rings (SSSR count). The number of sulfonamides is 1. The number of likely N-dealkylation sites (N-methyl/N-ethyl adjacent to an activating group) is 1. The molecule has 0 saturated carbocycles. The van der Waals surface area contributed by atoms with Crippen molar-refractivity contribution < 1.29 is 8.42 Å². The minimum Gasteiger partial charge on any atom is -0.354 e. The lowest BCUT2D eigenvalue weighted by atomic mass is 10.3. The van der Waals surface area contributed by atoms with Gasteiger partial charge >= 0.3 is 0 Å². The molecule has 1 aromatic heterocycles. The van der Waals surface area contributed by atoms with Crippen molar-refractivity contribution in [3.05, 3.63) is 40.5 Å². The Morgan fingerprint density at radius 2 is 1.47 bits per heavy atom. The predicted molar refractivity (Wildman–Crippen MR) is 122 cm³/mol. The van der Waals surface area contributed by atoms with E-state index in [1.54, 1.807) is 28.6 Å². The molecule has 0 radical (unpaired) electrons. The molecule has 2 aliphatic rings. The zero-order valence-corrected chi connectivity index (χ0v) is 19.7. The molecule has 0 spiro atoms. The lowest BCUT2D eigenvalue weighted by molar-refractivity contribution is 0.312. The second kappa shape index (κ2) is 8.78. The molecule has 1 aromatic carbocycles. The van der Waals surface area contributed by atoms with Gasteiger partial charge in [-0.3, -0.25) is 0 Å². The van der Waals surface area contributed by atoms with Gasteiger partial charge in [-0.2, -0.15) is 9.29 Å². The Labute approximate surface area is 186 Å². The maximum absolute atomic E-state index is 12.9. The lowest BCUT2D eigenvalue weighted by Crippen LogP contribution is -2.49. The summed E-state index contributed by atoms with van der Waals surface area (Å²) in [6.45, 7) is 7.90.